The molecule has 116 valence electrons. The Morgan fingerprint density at radius 2 is 2.05 bits per heavy atom. The van der Waals surface area contributed by atoms with E-state index in [0.29, 0.717) is 16.5 Å². The fourth-order valence-corrected chi connectivity index (χ4v) is 4.90. The molecule has 1 aliphatic carbocycles. The maximum Gasteiger partial charge on any atom is 0.243 e. The van der Waals surface area contributed by atoms with Gasteiger partial charge in [-0.25, -0.2) is 8.42 Å². The van der Waals surface area contributed by atoms with Crippen LogP contribution in [0.5, 0.6) is 0 Å². The molecule has 2 aliphatic rings. The number of piperidine rings is 1. The van der Waals surface area contributed by atoms with E-state index in [9.17, 15) is 8.42 Å². The van der Waals surface area contributed by atoms with Crippen molar-refractivity contribution in [3.05, 3.63) is 29.3 Å². The average molecular weight is 329 g/mol. The van der Waals surface area contributed by atoms with Crippen molar-refractivity contribution in [2.24, 2.45) is 0 Å². The minimum Gasteiger partial charge on any atom is -0.313 e. The van der Waals surface area contributed by atoms with E-state index in [1.54, 1.807) is 28.6 Å². The topological polar surface area (TPSA) is 49.4 Å². The lowest BCUT2D eigenvalue weighted by Gasteiger charge is -2.30. The van der Waals surface area contributed by atoms with Crippen LogP contribution in [0.3, 0.4) is 0 Å². The first-order valence-electron chi connectivity index (χ1n) is 7.58. The maximum atomic E-state index is 12.9. The number of nitrogens with one attached hydrogen (secondary N) is 1. The van der Waals surface area contributed by atoms with Gasteiger partial charge < -0.3 is 5.32 Å². The second-order valence-corrected chi connectivity index (χ2v) is 8.24. The Morgan fingerprint density at radius 1 is 1.24 bits per heavy atom. The first-order valence-corrected chi connectivity index (χ1v) is 9.40. The summed E-state index contributed by atoms with van der Waals surface area (Å²) in [5, 5.41) is 3.90. The fraction of sp³-hybridized carbons (Fsp3) is 0.600. The first-order chi connectivity index (χ1) is 10.1. The number of halogens is 1. The SMILES string of the molecule is O=S(=O)(c1cccc(Cl)c1)N(CC1CCCCN1)C1CC1. The summed E-state index contributed by atoms with van der Waals surface area (Å²) in [5.74, 6) is 0. The Labute approximate surface area is 131 Å². The van der Waals surface area contributed by atoms with Gasteiger partial charge in [0.1, 0.15) is 0 Å². The third kappa shape index (κ3) is 3.59. The average Bonchev–Trinajstić information content (AvgIpc) is 3.30. The second kappa shape index (κ2) is 6.24. The van der Waals surface area contributed by atoms with Gasteiger partial charge in [-0.3, -0.25) is 0 Å². The smallest absolute Gasteiger partial charge is 0.243 e. The number of rotatable bonds is 5. The zero-order valence-corrected chi connectivity index (χ0v) is 13.5. The fourth-order valence-electron chi connectivity index (χ4n) is 2.87. The molecule has 0 bridgehead atoms. The molecule has 4 nitrogen and oxygen atoms in total. The van der Waals surface area contributed by atoms with Crippen LogP contribution < -0.4 is 5.32 Å². The molecule has 0 spiro atoms. The molecule has 1 saturated heterocycles. The molecule has 6 heteroatoms. The van der Waals surface area contributed by atoms with Crippen LogP contribution in [0.1, 0.15) is 32.1 Å². The highest BCUT2D eigenvalue weighted by Gasteiger charge is 2.39. The summed E-state index contributed by atoms with van der Waals surface area (Å²) in [6.07, 6.45) is 5.33. The van der Waals surface area contributed by atoms with Gasteiger partial charge in [0.15, 0.2) is 0 Å². The molecule has 21 heavy (non-hydrogen) atoms. The molecule has 3 rings (SSSR count). The molecule has 1 saturated carbocycles. The predicted molar refractivity (Wildman–Crippen MR) is 84.0 cm³/mol. The minimum absolute atomic E-state index is 0.165. The van der Waals surface area contributed by atoms with Crippen molar-refractivity contribution in [1.29, 1.82) is 0 Å². The van der Waals surface area contributed by atoms with Crippen molar-refractivity contribution in [1.82, 2.24) is 9.62 Å². The van der Waals surface area contributed by atoms with E-state index in [4.69, 9.17) is 11.6 Å². The lowest BCUT2D eigenvalue weighted by atomic mass is 10.1. The summed E-state index contributed by atoms with van der Waals surface area (Å²) < 4.78 is 27.4. The van der Waals surface area contributed by atoms with Gasteiger partial charge in [-0.2, -0.15) is 4.31 Å². The van der Waals surface area contributed by atoms with Crippen LogP contribution in [0, 0.1) is 0 Å². The first kappa shape index (κ1) is 15.3. The van der Waals surface area contributed by atoms with E-state index in [2.05, 4.69) is 5.32 Å². The molecular weight excluding hydrogens is 308 g/mol. The number of sulfonamides is 1. The van der Waals surface area contributed by atoms with Crippen LogP contribution in [0.25, 0.3) is 0 Å². The van der Waals surface area contributed by atoms with Gasteiger partial charge in [0.05, 0.1) is 4.90 Å². The largest absolute Gasteiger partial charge is 0.313 e. The van der Waals surface area contributed by atoms with Crippen molar-refractivity contribution in [2.75, 3.05) is 13.1 Å². The number of hydrogen-bond acceptors (Lipinski definition) is 3. The molecule has 0 aromatic heterocycles. The van der Waals surface area contributed by atoms with Crippen molar-refractivity contribution >= 4 is 21.6 Å². The van der Waals surface area contributed by atoms with E-state index in [-0.39, 0.29) is 12.1 Å². The van der Waals surface area contributed by atoms with E-state index in [0.717, 1.165) is 25.8 Å². The summed E-state index contributed by atoms with van der Waals surface area (Å²) in [4.78, 5) is 0.303. The number of hydrogen-bond donors (Lipinski definition) is 1. The Hall–Kier alpha value is -0.620. The number of benzene rings is 1. The van der Waals surface area contributed by atoms with Crippen LogP contribution in [-0.4, -0.2) is 37.9 Å². The second-order valence-electron chi connectivity index (χ2n) is 5.91. The van der Waals surface area contributed by atoms with Gasteiger partial charge in [0, 0.05) is 23.7 Å². The molecule has 1 aromatic rings. The number of nitrogens with zero attached hydrogens (tertiary/aromatic N) is 1. The normalized spacial score (nSPS) is 23.4. The lowest BCUT2D eigenvalue weighted by Crippen LogP contribution is -2.46. The summed E-state index contributed by atoms with van der Waals surface area (Å²) >= 11 is 5.95. The zero-order valence-electron chi connectivity index (χ0n) is 12.0. The van der Waals surface area contributed by atoms with Crippen molar-refractivity contribution in [2.45, 2.75) is 49.1 Å². The highest BCUT2D eigenvalue weighted by molar-refractivity contribution is 7.89. The molecule has 1 atom stereocenters. The standard InChI is InChI=1S/C15H21ClN2O2S/c16-12-4-3-6-15(10-12)21(19,20)18(14-7-8-14)11-13-5-1-2-9-17-13/h3-4,6,10,13-14,17H,1-2,5,7-9,11H2. The molecule has 1 aliphatic heterocycles. The van der Waals surface area contributed by atoms with Crippen LogP contribution in [0.2, 0.25) is 5.02 Å². The van der Waals surface area contributed by atoms with E-state index in [1.807, 2.05) is 0 Å². The summed E-state index contributed by atoms with van der Waals surface area (Å²) in [5.41, 5.74) is 0. The van der Waals surface area contributed by atoms with Crippen molar-refractivity contribution in [3.63, 3.8) is 0 Å². The van der Waals surface area contributed by atoms with E-state index < -0.39 is 10.0 Å². The summed E-state index contributed by atoms with van der Waals surface area (Å²) in [6, 6.07) is 7.00. The Balaban J connectivity index is 1.82. The minimum atomic E-state index is -3.45. The zero-order chi connectivity index (χ0) is 14.9. The van der Waals surface area contributed by atoms with E-state index in [1.165, 1.54) is 12.8 Å². The van der Waals surface area contributed by atoms with Crippen molar-refractivity contribution in [3.8, 4) is 0 Å². The van der Waals surface area contributed by atoms with Gasteiger partial charge in [0.25, 0.3) is 0 Å². The quantitative estimate of drug-likeness (QED) is 0.904. The molecule has 0 radical (unpaired) electrons. The van der Waals surface area contributed by atoms with E-state index >= 15 is 0 Å². The maximum absolute atomic E-state index is 12.9. The Bertz CT molecular complexity index is 595. The van der Waals surface area contributed by atoms with Gasteiger partial charge in [-0.05, 0) is 50.4 Å². The molecule has 1 heterocycles. The van der Waals surface area contributed by atoms with Crippen LogP contribution >= 0.6 is 11.6 Å². The third-order valence-electron chi connectivity index (χ3n) is 4.17. The molecule has 2 fully saturated rings. The van der Waals surface area contributed by atoms with Crippen molar-refractivity contribution < 1.29 is 8.42 Å². The lowest BCUT2D eigenvalue weighted by molar-refractivity contribution is 0.307. The van der Waals surface area contributed by atoms with Crippen LogP contribution in [0.4, 0.5) is 0 Å². The Morgan fingerprint density at radius 3 is 2.67 bits per heavy atom. The van der Waals surface area contributed by atoms with Gasteiger partial charge in [-0.1, -0.05) is 24.1 Å². The van der Waals surface area contributed by atoms with Gasteiger partial charge >= 0.3 is 0 Å². The third-order valence-corrected chi connectivity index (χ3v) is 6.32. The Kier molecular flexibility index (Phi) is 4.54. The van der Waals surface area contributed by atoms with Gasteiger partial charge in [0.2, 0.25) is 10.0 Å². The molecular formula is C15H21ClN2O2S. The molecule has 1 aromatic carbocycles. The highest BCUT2D eigenvalue weighted by Crippen LogP contribution is 2.33. The monoisotopic (exact) mass is 328 g/mol. The highest BCUT2D eigenvalue weighted by atomic mass is 35.5. The molecule has 1 N–H and O–H groups in total. The van der Waals surface area contributed by atoms with Crippen LogP contribution in [0.15, 0.2) is 29.2 Å². The molecule has 1 unspecified atom stereocenters. The summed E-state index contributed by atoms with van der Waals surface area (Å²) in [6.45, 7) is 1.56. The predicted octanol–water partition coefficient (Wildman–Crippen LogP) is 2.64. The summed E-state index contributed by atoms with van der Waals surface area (Å²) in [7, 11) is -3.45. The van der Waals surface area contributed by atoms with Gasteiger partial charge in [-0.15, -0.1) is 0 Å². The molecule has 0 amide bonds. The van der Waals surface area contributed by atoms with Crippen LogP contribution in [-0.2, 0) is 10.0 Å².